The predicted molar refractivity (Wildman–Crippen MR) is 118 cm³/mol. The van der Waals surface area contributed by atoms with Crippen LogP contribution in [0.5, 0.6) is 0 Å². The van der Waals surface area contributed by atoms with E-state index in [1.165, 1.54) is 16.9 Å². The summed E-state index contributed by atoms with van der Waals surface area (Å²) in [6.07, 6.45) is 8.97. The van der Waals surface area contributed by atoms with E-state index in [0.29, 0.717) is 5.82 Å². The third-order valence-electron chi connectivity index (χ3n) is 5.57. The van der Waals surface area contributed by atoms with Crippen LogP contribution in [0.15, 0.2) is 48.9 Å². The van der Waals surface area contributed by atoms with Crippen molar-refractivity contribution in [1.29, 1.82) is 0 Å². The average molecular weight is 414 g/mol. The molecule has 8 heteroatoms. The number of aromatic nitrogens is 6. The number of hydrogen-bond acceptors (Lipinski definition) is 7. The van der Waals surface area contributed by atoms with Crippen LogP contribution in [-0.2, 0) is 12.8 Å². The average Bonchev–Trinajstić information content (AvgIpc) is 3.48. The van der Waals surface area contributed by atoms with E-state index in [0.717, 1.165) is 45.9 Å². The second-order valence-corrected chi connectivity index (χ2v) is 8.61. The molecular weight excluding hydrogens is 394 g/mol. The molecule has 5 heterocycles. The Labute approximate surface area is 176 Å². The summed E-state index contributed by atoms with van der Waals surface area (Å²) in [6, 6.07) is 9.75. The van der Waals surface area contributed by atoms with Crippen molar-refractivity contribution in [3.8, 4) is 11.4 Å². The van der Waals surface area contributed by atoms with Crippen LogP contribution in [0.2, 0.25) is 0 Å². The van der Waals surface area contributed by atoms with Gasteiger partial charge in [-0.2, -0.15) is 0 Å². The SMILES string of the molecule is CC(Nc1nc(-c2cccnc2)nc2sc3c(c12)CCC3)c1nnc2ccccn12. The number of nitrogens with zero attached hydrogens (tertiary/aromatic N) is 6. The van der Waals surface area contributed by atoms with Crippen LogP contribution >= 0.6 is 11.3 Å². The van der Waals surface area contributed by atoms with Crippen LogP contribution in [0.4, 0.5) is 5.82 Å². The molecule has 148 valence electrons. The molecule has 0 bridgehead atoms. The lowest BCUT2D eigenvalue weighted by atomic mass is 10.1. The van der Waals surface area contributed by atoms with Crippen molar-refractivity contribution in [3.63, 3.8) is 0 Å². The van der Waals surface area contributed by atoms with E-state index in [-0.39, 0.29) is 6.04 Å². The fourth-order valence-corrected chi connectivity index (χ4v) is 5.41. The van der Waals surface area contributed by atoms with Crippen LogP contribution in [0.3, 0.4) is 0 Å². The van der Waals surface area contributed by atoms with E-state index in [2.05, 4.69) is 27.4 Å². The summed E-state index contributed by atoms with van der Waals surface area (Å²) in [5.41, 5.74) is 3.14. The van der Waals surface area contributed by atoms with Crippen LogP contribution in [0, 0.1) is 0 Å². The number of aryl methyl sites for hydroxylation is 2. The second-order valence-electron chi connectivity index (χ2n) is 7.53. The highest BCUT2D eigenvalue weighted by Crippen LogP contribution is 2.41. The summed E-state index contributed by atoms with van der Waals surface area (Å²) >= 11 is 1.79. The standard InChI is InChI=1S/C22H19N7S/c1-13(21-28-27-17-9-2-3-11-29(17)21)24-20-18-15-7-4-8-16(15)30-22(18)26-19(25-20)14-6-5-10-23-12-14/h2-3,5-6,9-13H,4,7-8H2,1H3,(H,24,25,26). The Kier molecular flexibility index (Phi) is 3.98. The number of nitrogens with one attached hydrogen (secondary N) is 1. The number of rotatable bonds is 4. The normalized spacial score (nSPS) is 14.3. The minimum atomic E-state index is -0.0702. The number of fused-ring (bicyclic) bond motifs is 4. The fourth-order valence-electron chi connectivity index (χ4n) is 4.15. The molecule has 6 rings (SSSR count). The summed E-state index contributed by atoms with van der Waals surface area (Å²) in [6.45, 7) is 2.09. The van der Waals surface area contributed by atoms with Crippen molar-refractivity contribution in [2.75, 3.05) is 5.32 Å². The first-order valence-electron chi connectivity index (χ1n) is 10.1. The smallest absolute Gasteiger partial charge is 0.164 e. The highest BCUT2D eigenvalue weighted by atomic mass is 32.1. The Morgan fingerprint density at radius 1 is 1.10 bits per heavy atom. The van der Waals surface area contributed by atoms with Crippen LogP contribution in [0.1, 0.15) is 35.7 Å². The second kappa shape index (κ2) is 6.84. The molecule has 5 aromatic rings. The highest BCUT2D eigenvalue weighted by molar-refractivity contribution is 7.19. The molecule has 0 aliphatic heterocycles. The number of thiophene rings is 1. The third-order valence-corrected chi connectivity index (χ3v) is 6.75. The lowest BCUT2D eigenvalue weighted by molar-refractivity contribution is 0.769. The third kappa shape index (κ3) is 2.75. The molecule has 0 aromatic carbocycles. The van der Waals surface area contributed by atoms with Crippen molar-refractivity contribution in [2.24, 2.45) is 0 Å². The van der Waals surface area contributed by atoms with E-state index >= 15 is 0 Å². The highest BCUT2D eigenvalue weighted by Gasteiger charge is 2.24. The molecule has 5 aromatic heterocycles. The fraction of sp³-hybridized carbons (Fsp3) is 0.227. The monoisotopic (exact) mass is 413 g/mol. The zero-order chi connectivity index (χ0) is 20.1. The molecule has 1 aliphatic rings. The Bertz CT molecular complexity index is 1370. The van der Waals surface area contributed by atoms with E-state index in [1.807, 2.05) is 47.1 Å². The van der Waals surface area contributed by atoms with Crippen LogP contribution in [0.25, 0.3) is 27.3 Å². The van der Waals surface area contributed by atoms with Gasteiger partial charge in [-0.1, -0.05) is 6.07 Å². The summed E-state index contributed by atoms with van der Waals surface area (Å²) in [7, 11) is 0. The molecule has 7 nitrogen and oxygen atoms in total. The molecule has 0 saturated heterocycles. The van der Waals surface area contributed by atoms with Crippen molar-refractivity contribution >= 4 is 33.0 Å². The van der Waals surface area contributed by atoms with Crippen molar-refractivity contribution < 1.29 is 0 Å². The molecular formula is C22H19N7S. The van der Waals surface area contributed by atoms with Crippen molar-refractivity contribution in [3.05, 3.63) is 65.2 Å². The minimum absolute atomic E-state index is 0.0702. The van der Waals surface area contributed by atoms with Gasteiger partial charge in [0.2, 0.25) is 0 Å². The first-order chi connectivity index (χ1) is 14.8. The Morgan fingerprint density at radius 3 is 2.97 bits per heavy atom. The maximum atomic E-state index is 4.94. The summed E-state index contributed by atoms with van der Waals surface area (Å²) in [4.78, 5) is 16.5. The Balaban J connectivity index is 1.49. The van der Waals surface area contributed by atoms with Gasteiger partial charge in [0.15, 0.2) is 17.3 Å². The largest absolute Gasteiger partial charge is 0.360 e. The topological polar surface area (TPSA) is 80.9 Å². The summed E-state index contributed by atoms with van der Waals surface area (Å²) in [5.74, 6) is 2.40. The first-order valence-corrected chi connectivity index (χ1v) is 10.9. The number of hydrogen-bond donors (Lipinski definition) is 1. The molecule has 1 unspecified atom stereocenters. The zero-order valence-electron chi connectivity index (χ0n) is 16.4. The van der Waals surface area contributed by atoms with E-state index in [1.54, 1.807) is 17.5 Å². The Hall–Kier alpha value is -3.39. The molecule has 0 amide bonds. The van der Waals surface area contributed by atoms with Gasteiger partial charge in [0.25, 0.3) is 0 Å². The molecule has 1 atom stereocenters. The quantitative estimate of drug-likeness (QED) is 0.469. The van der Waals surface area contributed by atoms with E-state index < -0.39 is 0 Å². The van der Waals surface area contributed by atoms with Crippen LogP contribution < -0.4 is 5.32 Å². The molecule has 0 spiro atoms. The van der Waals surface area contributed by atoms with Gasteiger partial charge in [-0.3, -0.25) is 9.38 Å². The number of anilines is 1. The molecule has 1 aliphatic carbocycles. The Morgan fingerprint density at radius 2 is 2.07 bits per heavy atom. The van der Waals surface area contributed by atoms with Gasteiger partial charge >= 0.3 is 0 Å². The van der Waals surface area contributed by atoms with Gasteiger partial charge in [0.1, 0.15) is 10.6 Å². The van der Waals surface area contributed by atoms with Gasteiger partial charge < -0.3 is 5.32 Å². The molecule has 0 saturated carbocycles. The molecule has 30 heavy (non-hydrogen) atoms. The zero-order valence-corrected chi connectivity index (χ0v) is 17.2. The first kappa shape index (κ1) is 17.5. The summed E-state index contributed by atoms with van der Waals surface area (Å²) in [5, 5.41) is 13.5. The van der Waals surface area contributed by atoms with E-state index in [9.17, 15) is 0 Å². The van der Waals surface area contributed by atoms with Gasteiger partial charge in [0, 0.05) is 29.0 Å². The van der Waals surface area contributed by atoms with Crippen LogP contribution in [-0.4, -0.2) is 29.5 Å². The lowest BCUT2D eigenvalue weighted by Crippen LogP contribution is -2.12. The lowest BCUT2D eigenvalue weighted by Gasteiger charge is -2.15. The maximum Gasteiger partial charge on any atom is 0.164 e. The molecule has 0 radical (unpaired) electrons. The van der Waals surface area contributed by atoms with Crippen molar-refractivity contribution in [1.82, 2.24) is 29.5 Å². The van der Waals surface area contributed by atoms with Gasteiger partial charge in [-0.25, -0.2) is 9.97 Å². The van der Waals surface area contributed by atoms with Gasteiger partial charge in [0.05, 0.1) is 11.4 Å². The molecule has 0 fully saturated rings. The van der Waals surface area contributed by atoms with Crippen molar-refractivity contribution in [2.45, 2.75) is 32.2 Å². The molecule has 1 N–H and O–H groups in total. The maximum absolute atomic E-state index is 4.94. The summed E-state index contributed by atoms with van der Waals surface area (Å²) < 4.78 is 2.01. The number of pyridine rings is 2. The van der Waals surface area contributed by atoms with Gasteiger partial charge in [-0.15, -0.1) is 21.5 Å². The van der Waals surface area contributed by atoms with Gasteiger partial charge in [-0.05, 0) is 56.0 Å². The van der Waals surface area contributed by atoms with E-state index in [4.69, 9.17) is 9.97 Å². The predicted octanol–water partition coefficient (Wildman–Crippen LogP) is 4.46. The minimum Gasteiger partial charge on any atom is -0.360 e.